The lowest BCUT2D eigenvalue weighted by Gasteiger charge is -2.30. The fourth-order valence-electron chi connectivity index (χ4n) is 2.73. The van der Waals surface area contributed by atoms with Crippen LogP contribution in [0.5, 0.6) is 5.88 Å². The van der Waals surface area contributed by atoms with Crippen LogP contribution in [0.2, 0.25) is 0 Å². The van der Waals surface area contributed by atoms with E-state index in [2.05, 4.69) is 14.9 Å². The maximum atomic E-state index is 11.6. The molecule has 1 aliphatic rings. The Hall–Kier alpha value is -2.17. The predicted molar refractivity (Wildman–Crippen MR) is 97.1 cm³/mol. The minimum absolute atomic E-state index is 0.205. The molecule has 1 saturated heterocycles. The first-order chi connectivity index (χ1) is 12.0. The summed E-state index contributed by atoms with van der Waals surface area (Å²) in [6, 6.07) is 0.205. The number of amides is 1. The van der Waals surface area contributed by atoms with Gasteiger partial charge in [0.05, 0.1) is 17.7 Å². The number of nitrogen functional groups attached to an aromatic ring is 1. The molecule has 3 heterocycles. The van der Waals surface area contributed by atoms with Crippen molar-refractivity contribution in [3.8, 4) is 5.88 Å². The highest BCUT2D eigenvalue weighted by molar-refractivity contribution is 7.21. The number of anilines is 2. The number of thiophene rings is 1. The Morgan fingerprint density at radius 1 is 1.32 bits per heavy atom. The lowest BCUT2D eigenvalue weighted by molar-refractivity contribution is 0.100. The van der Waals surface area contributed by atoms with E-state index in [0.717, 1.165) is 37.3 Å². The number of carbonyl (C=O) groups excluding carboxylic acids is 1. The fraction of sp³-hybridized carbons (Fsp3) is 0.533. The van der Waals surface area contributed by atoms with Gasteiger partial charge in [-0.3, -0.25) is 4.79 Å². The molecule has 0 atom stereocenters. The third-order valence-corrected chi connectivity index (χ3v) is 5.23. The molecule has 0 bridgehead atoms. The van der Waals surface area contributed by atoms with Gasteiger partial charge in [0.15, 0.2) is 0 Å². The Kier molecular flexibility index (Phi) is 5.21. The summed E-state index contributed by atoms with van der Waals surface area (Å²) in [6.07, 6.45) is 1.75. The SMILES string of the molecule is COCCOc1nc(N2CCC(N)CC2)nc2sc(C(N)=O)c(N)c12. The first kappa shape index (κ1) is 17.6. The summed E-state index contributed by atoms with van der Waals surface area (Å²) in [5.41, 5.74) is 17.7. The van der Waals surface area contributed by atoms with Gasteiger partial charge in [0.25, 0.3) is 5.91 Å². The standard InChI is InChI=1S/C15H22N6O3S/c1-23-6-7-24-13-9-10(17)11(12(18)22)25-14(9)20-15(19-13)21-4-2-8(16)3-5-21/h8H,2-7,16-17H2,1H3,(H2,18,22). The molecule has 1 aliphatic heterocycles. The number of ether oxygens (including phenoxy) is 2. The molecule has 136 valence electrons. The maximum Gasteiger partial charge on any atom is 0.260 e. The van der Waals surface area contributed by atoms with Crippen molar-refractivity contribution >= 4 is 39.1 Å². The molecule has 3 rings (SSSR count). The van der Waals surface area contributed by atoms with Crippen molar-refractivity contribution in [2.75, 3.05) is 44.0 Å². The second-order valence-corrected chi connectivity index (χ2v) is 6.88. The lowest BCUT2D eigenvalue weighted by Crippen LogP contribution is -2.40. The Bertz CT molecular complexity index is 772. The van der Waals surface area contributed by atoms with Crippen LogP contribution in [0, 0.1) is 0 Å². The molecule has 0 aliphatic carbocycles. The van der Waals surface area contributed by atoms with Crippen molar-refractivity contribution in [2.45, 2.75) is 18.9 Å². The van der Waals surface area contributed by atoms with Crippen LogP contribution in [0.4, 0.5) is 11.6 Å². The summed E-state index contributed by atoms with van der Waals surface area (Å²) < 4.78 is 10.7. The van der Waals surface area contributed by atoms with Crippen LogP contribution in [0.25, 0.3) is 10.2 Å². The van der Waals surface area contributed by atoms with E-state index < -0.39 is 5.91 Å². The van der Waals surface area contributed by atoms with Gasteiger partial charge in [-0.2, -0.15) is 4.98 Å². The molecule has 6 N–H and O–H groups in total. The number of carbonyl (C=O) groups is 1. The Labute approximate surface area is 149 Å². The van der Waals surface area contributed by atoms with Crippen LogP contribution in [-0.4, -0.2) is 55.3 Å². The summed E-state index contributed by atoms with van der Waals surface area (Å²) in [7, 11) is 1.59. The number of rotatable bonds is 6. The number of hydrogen-bond donors (Lipinski definition) is 3. The lowest BCUT2D eigenvalue weighted by atomic mass is 10.1. The van der Waals surface area contributed by atoms with Gasteiger partial charge in [-0.25, -0.2) is 4.98 Å². The van der Waals surface area contributed by atoms with Crippen molar-refractivity contribution in [3.05, 3.63) is 4.88 Å². The van der Waals surface area contributed by atoms with Gasteiger partial charge < -0.3 is 31.6 Å². The Morgan fingerprint density at radius 3 is 2.68 bits per heavy atom. The minimum Gasteiger partial charge on any atom is -0.475 e. The molecule has 0 radical (unpaired) electrons. The number of primary amides is 1. The van der Waals surface area contributed by atoms with Crippen LogP contribution in [0.15, 0.2) is 0 Å². The number of hydrogen-bond acceptors (Lipinski definition) is 9. The van der Waals surface area contributed by atoms with Crippen molar-refractivity contribution in [2.24, 2.45) is 11.5 Å². The van der Waals surface area contributed by atoms with E-state index in [0.29, 0.717) is 35.3 Å². The molecule has 10 heteroatoms. The highest BCUT2D eigenvalue weighted by Crippen LogP contribution is 2.38. The first-order valence-electron chi connectivity index (χ1n) is 8.03. The van der Waals surface area contributed by atoms with E-state index in [-0.39, 0.29) is 16.6 Å². The van der Waals surface area contributed by atoms with Gasteiger partial charge in [0, 0.05) is 26.2 Å². The van der Waals surface area contributed by atoms with Crippen molar-refractivity contribution in [3.63, 3.8) is 0 Å². The maximum absolute atomic E-state index is 11.6. The van der Waals surface area contributed by atoms with E-state index in [1.807, 2.05) is 0 Å². The summed E-state index contributed by atoms with van der Waals surface area (Å²) >= 11 is 1.15. The normalized spacial score (nSPS) is 15.7. The van der Waals surface area contributed by atoms with Gasteiger partial charge in [-0.05, 0) is 12.8 Å². The van der Waals surface area contributed by atoms with Crippen molar-refractivity contribution in [1.29, 1.82) is 0 Å². The molecular weight excluding hydrogens is 344 g/mol. The average molecular weight is 366 g/mol. The van der Waals surface area contributed by atoms with Gasteiger partial charge >= 0.3 is 0 Å². The summed E-state index contributed by atoms with van der Waals surface area (Å²) in [4.78, 5) is 23.6. The zero-order valence-electron chi connectivity index (χ0n) is 14.0. The quantitative estimate of drug-likeness (QED) is 0.621. The van der Waals surface area contributed by atoms with Gasteiger partial charge in [0.2, 0.25) is 11.8 Å². The zero-order chi connectivity index (χ0) is 18.0. The Balaban J connectivity index is 2.02. The summed E-state index contributed by atoms with van der Waals surface area (Å²) in [5, 5.41) is 0.521. The van der Waals surface area contributed by atoms with Gasteiger partial charge in [-0.15, -0.1) is 11.3 Å². The number of nitrogens with zero attached hydrogens (tertiary/aromatic N) is 3. The third kappa shape index (κ3) is 3.60. The van der Waals surface area contributed by atoms with Crippen LogP contribution >= 0.6 is 11.3 Å². The van der Waals surface area contributed by atoms with Crippen LogP contribution < -0.4 is 26.8 Å². The number of fused-ring (bicyclic) bond motifs is 1. The molecule has 1 fully saturated rings. The number of nitrogens with two attached hydrogens (primary N) is 3. The van der Waals surface area contributed by atoms with Crippen molar-refractivity contribution < 1.29 is 14.3 Å². The Morgan fingerprint density at radius 2 is 2.04 bits per heavy atom. The molecule has 0 aromatic carbocycles. The van der Waals surface area contributed by atoms with E-state index in [1.54, 1.807) is 7.11 Å². The molecule has 0 unspecified atom stereocenters. The van der Waals surface area contributed by atoms with Crippen LogP contribution in [0.1, 0.15) is 22.5 Å². The second-order valence-electron chi connectivity index (χ2n) is 5.88. The first-order valence-corrected chi connectivity index (χ1v) is 8.85. The highest BCUT2D eigenvalue weighted by atomic mass is 32.1. The van der Waals surface area contributed by atoms with E-state index >= 15 is 0 Å². The van der Waals surface area contributed by atoms with Gasteiger partial charge in [0.1, 0.15) is 16.3 Å². The topological polar surface area (TPSA) is 143 Å². The van der Waals surface area contributed by atoms with Crippen molar-refractivity contribution in [1.82, 2.24) is 9.97 Å². The third-order valence-electron chi connectivity index (χ3n) is 4.12. The smallest absolute Gasteiger partial charge is 0.260 e. The predicted octanol–water partition coefficient (Wildman–Crippen LogP) is 0.325. The van der Waals surface area contributed by atoms with Crippen LogP contribution in [-0.2, 0) is 4.74 Å². The number of piperidine rings is 1. The molecule has 9 nitrogen and oxygen atoms in total. The fourth-order valence-corrected chi connectivity index (χ4v) is 3.66. The van der Waals surface area contributed by atoms with E-state index in [1.165, 1.54) is 0 Å². The second kappa shape index (κ2) is 7.38. The largest absolute Gasteiger partial charge is 0.475 e. The molecular formula is C15H22N6O3S. The highest BCUT2D eigenvalue weighted by Gasteiger charge is 2.24. The molecule has 2 aromatic heterocycles. The monoisotopic (exact) mass is 366 g/mol. The number of aromatic nitrogens is 2. The average Bonchev–Trinajstić information content (AvgIpc) is 2.93. The minimum atomic E-state index is -0.589. The summed E-state index contributed by atoms with van der Waals surface area (Å²) in [5.74, 6) is 0.297. The van der Waals surface area contributed by atoms with Crippen LogP contribution in [0.3, 0.4) is 0 Å². The summed E-state index contributed by atoms with van der Waals surface area (Å²) in [6.45, 7) is 2.27. The van der Waals surface area contributed by atoms with Gasteiger partial charge in [-0.1, -0.05) is 0 Å². The molecule has 0 spiro atoms. The van der Waals surface area contributed by atoms with E-state index in [9.17, 15) is 4.79 Å². The molecule has 25 heavy (non-hydrogen) atoms. The zero-order valence-corrected chi connectivity index (χ0v) is 14.8. The molecule has 0 saturated carbocycles. The number of methoxy groups -OCH3 is 1. The van der Waals surface area contributed by atoms with E-state index in [4.69, 9.17) is 26.7 Å². The molecule has 2 aromatic rings. The molecule has 1 amide bonds.